The summed E-state index contributed by atoms with van der Waals surface area (Å²) in [6.07, 6.45) is 5.88. The summed E-state index contributed by atoms with van der Waals surface area (Å²) in [4.78, 5) is 0. The monoisotopic (exact) mass is 296 g/mol. The summed E-state index contributed by atoms with van der Waals surface area (Å²) < 4.78 is 0. The fourth-order valence-corrected chi connectivity index (χ4v) is 5.98. The average molecular weight is 296 g/mol. The van der Waals surface area contributed by atoms with E-state index in [-0.39, 0.29) is 11.5 Å². The second-order valence-corrected chi connectivity index (χ2v) is 8.01. The maximum absolute atomic E-state index is 10.5. The Morgan fingerprint density at radius 3 is 2.86 bits per heavy atom. The number of hydrogen-bond acceptors (Lipinski definition) is 2. The highest BCUT2D eigenvalue weighted by Gasteiger charge is 2.56. The first-order chi connectivity index (χ1) is 10.5. The van der Waals surface area contributed by atoms with Crippen LogP contribution in [0.15, 0.2) is 18.2 Å². The van der Waals surface area contributed by atoms with Crippen LogP contribution in [0.4, 0.5) is 0 Å². The highest BCUT2D eigenvalue weighted by molar-refractivity contribution is 6.08. The van der Waals surface area contributed by atoms with Crippen LogP contribution in [0.5, 0.6) is 5.75 Å². The molecule has 2 fully saturated rings. The van der Waals surface area contributed by atoms with E-state index in [1.54, 1.807) is 0 Å². The van der Waals surface area contributed by atoms with Gasteiger partial charge in [-0.25, -0.2) is 0 Å². The van der Waals surface area contributed by atoms with E-state index in [4.69, 9.17) is 7.85 Å². The fourth-order valence-electron chi connectivity index (χ4n) is 5.98. The van der Waals surface area contributed by atoms with Crippen LogP contribution in [0.25, 0.3) is 0 Å². The molecular formula is C19H25BO2. The van der Waals surface area contributed by atoms with Crippen LogP contribution >= 0.6 is 0 Å². The molecule has 2 N–H and O–H groups in total. The number of rotatable bonds is 1. The van der Waals surface area contributed by atoms with Crippen LogP contribution < -0.4 is 0 Å². The Kier molecular flexibility index (Phi) is 3.34. The molecule has 6 atom stereocenters. The molecule has 0 unspecified atom stereocenters. The van der Waals surface area contributed by atoms with Gasteiger partial charge in [0.2, 0.25) is 0 Å². The number of aliphatic hydroxyl groups is 1. The van der Waals surface area contributed by atoms with E-state index in [9.17, 15) is 10.2 Å². The molecule has 116 valence electrons. The van der Waals surface area contributed by atoms with Gasteiger partial charge in [0.05, 0.1) is 14.0 Å². The Labute approximate surface area is 134 Å². The van der Waals surface area contributed by atoms with E-state index in [1.165, 1.54) is 11.1 Å². The summed E-state index contributed by atoms with van der Waals surface area (Å²) in [5.74, 6) is 2.59. The number of phenolic OH excluding ortho intramolecular Hbond substituents is 1. The lowest BCUT2D eigenvalue weighted by Gasteiger charge is -2.53. The van der Waals surface area contributed by atoms with Crippen LogP contribution in [-0.4, -0.2) is 24.2 Å². The molecule has 3 aliphatic carbocycles. The molecule has 0 bridgehead atoms. The first-order valence-corrected chi connectivity index (χ1v) is 8.74. The third-order valence-electron chi connectivity index (χ3n) is 7.14. The summed E-state index contributed by atoms with van der Waals surface area (Å²) >= 11 is 0. The summed E-state index contributed by atoms with van der Waals surface area (Å²) in [7, 11) is 6.14. The van der Waals surface area contributed by atoms with E-state index >= 15 is 0 Å². The normalized spacial score (nSPS) is 43.3. The number of aliphatic hydroxyl groups excluding tert-OH is 1. The molecule has 0 spiro atoms. The third-order valence-corrected chi connectivity index (χ3v) is 7.14. The number of phenols is 1. The van der Waals surface area contributed by atoms with Gasteiger partial charge in [0.1, 0.15) is 5.75 Å². The molecule has 0 heterocycles. The van der Waals surface area contributed by atoms with E-state index < -0.39 is 0 Å². The van der Waals surface area contributed by atoms with Crippen molar-refractivity contribution in [2.45, 2.75) is 57.4 Å². The van der Waals surface area contributed by atoms with Gasteiger partial charge in [0.15, 0.2) is 0 Å². The largest absolute Gasteiger partial charge is 0.508 e. The Morgan fingerprint density at radius 2 is 2.09 bits per heavy atom. The maximum atomic E-state index is 10.5. The Hall–Kier alpha value is -0.955. The van der Waals surface area contributed by atoms with Gasteiger partial charge in [0.25, 0.3) is 0 Å². The topological polar surface area (TPSA) is 40.5 Å². The molecule has 0 aromatic heterocycles. The van der Waals surface area contributed by atoms with Gasteiger partial charge >= 0.3 is 0 Å². The van der Waals surface area contributed by atoms with Crippen molar-refractivity contribution in [1.29, 1.82) is 0 Å². The predicted octanol–water partition coefficient (Wildman–Crippen LogP) is 3.42. The lowest BCUT2D eigenvalue weighted by atomic mass is 9.51. The summed E-state index contributed by atoms with van der Waals surface area (Å²) in [6, 6.07) is 5.89. The van der Waals surface area contributed by atoms with Crippen molar-refractivity contribution in [3.63, 3.8) is 0 Å². The molecule has 22 heavy (non-hydrogen) atoms. The van der Waals surface area contributed by atoms with Gasteiger partial charge in [-0.2, -0.15) is 0 Å². The smallest absolute Gasteiger partial charge is 0.115 e. The summed E-state index contributed by atoms with van der Waals surface area (Å²) in [5, 5.41) is 20.3. The number of benzene rings is 1. The van der Waals surface area contributed by atoms with E-state index in [2.05, 4.69) is 13.0 Å². The minimum absolute atomic E-state index is 0.0863. The number of hydrogen-bond donors (Lipinski definition) is 2. The molecule has 2 radical (unpaired) electrons. The minimum Gasteiger partial charge on any atom is -0.508 e. The van der Waals surface area contributed by atoms with Crippen LogP contribution in [0.3, 0.4) is 0 Å². The highest BCUT2D eigenvalue weighted by Crippen LogP contribution is 2.62. The molecular weight excluding hydrogens is 271 g/mol. The lowest BCUT2D eigenvalue weighted by molar-refractivity contribution is -0.0355. The lowest BCUT2D eigenvalue weighted by Crippen LogP contribution is -2.47. The Balaban J connectivity index is 1.77. The van der Waals surface area contributed by atoms with Gasteiger partial charge < -0.3 is 10.2 Å². The van der Waals surface area contributed by atoms with Crippen molar-refractivity contribution < 1.29 is 10.2 Å². The zero-order valence-electron chi connectivity index (χ0n) is 13.3. The minimum atomic E-state index is -0.141. The first-order valence-electron chi connectivity index (χ1n) is 8.74. The molecule has 0 saturated heterocycles. The van der Waals surface area contributed by atoms with Gasteiger partial charge in [-0.15, -0.1) is 0 Å². The van der Waals surface area contributed by atoms with E-state index in [1.807, 2.05) is 12.1 Å². The zero-order chi connectivity index (χ0) is 15.5. The number of aromatic hydroxyl groups is 1. The summed E-state index contributed by atoms with van der Waals surface area (Å²) in [6.45, 7) is 2.30. The number of fused-ring (bicyclic) bond motifs is 5. The molecule has 2 saturated carbocycles. The molecule has 3 heteroatoms. The van der Waals surface area contributed by atoms with Crippen LogP contribution in [0.2, 0.25) is 6.32 Å². The second kappa shape index (κ2) is 5.02. The Bertz CT molecular complexity index is 587. The van der Waals surface area contributed by atoms with Crippen molar-refractivity contribution in [1.82, 2.24) is 0 Å². The maximum Gasteiger partial charge on any atom is 0.115 e. The van der Waals surface area contributed by atoms with Crippen molar-refractivity contribution in [3.05, 3.63) is 29.3 Å². The quantitative estimate of drug-likeness (QED) is 0.780. The molecule has 0 aliphatic heterocycles. The molecule has 1 aromatic rings. The van der Waals surface area contributed by atoms with Gasteiger partial charge in [-0.1, -0.05) is 19.3 Å². The molecule has 0 amide bonds. The molecule has 4 rings (SSSR count). The highest BCUT2D eigenvalue weighted by atomic mass is 16.3. The van der Waals surface area contributed by atoms with Crippen LogP contribution in [0, 0.1) is 23.2 Å². The van der Waals surface area contributed by atoms with Crippen LogP contribution in [-0.2, 0) is 6.42 Å². The Morgan fingerprint density at radius 1 is 1.27 bits per heavy atom. The molecule has 3 aliphatic rings. The molecule has 2 nitrogen and oxygen atoms in total. The zero-order valence-corrected chi connectivity index (χ0v) is 13.3. The van der Waals surface area contributed by atoms with Gasteiger partial charge in [-0.3, -0.25) is 0 Å². The van der Waals surface area contributed by atoms with Crippen molar-refractivity contribution in [2.75, 3.05) is 0 Å². The predicted molar refractivity (Wildman–Crippen MR) is 88.2 cm³/mol. The van der Waals surface area contributed by atoms with Crippen molar-refractivity contribution >= 4 is 7.85 Å². The molecule has 1 aromatic carbocycles. The van der Waals surface area contributed by atoms with Gasteiger partial charge in [-0.05, 0) is 84.5 Å². The summed E-state index contributed by atoms with van der Waals surface area (Å²) in [5.41, 5.74) is 2.80. The van der Waals surface area contributed by atoms with Gasteiger partial charge in [0, 0.05) is 0 Å². The average Bonchev–Trinajstić information content (AvgIpc) is 2.81. The van der Waals surface area contributed by atoms with Crippen molar-refractivity contribution in [2.24, 2.45) is 23.2 Å². The standard InChI is InChI=1S/C19H25BO2/c1-19-7-6-15-14-3-2-13(21)9-11(14)8-12(10-20)18(15)16(19)4-5-17(19)22/h2-3,9,12,15-18,21-22H,4-8,10H2,1H3/t12-,15+,16-,17-,18+,19-/m0/s1. The first kappa shape index (κ1) is 14.6. The SMILES string of the molecule is [B]C[C@@H]1Cc2cc(O)ccc2[C@H]2CC[C@]3(C)[C@@H](O)CC[C@H]3[C@H]12. The third kappa shape index (κ3) is 1.91. The van der Waals surface area contributed by atoms with Crippen molar-refractivity contribution in [3.8, 4) is 5.75 Å². The van der Waals surface area contributed by atoms with E-state index in [0.717, 1.165) is 32.1 Å². The fraction of sp³-hybridized carbons (Fsp3) is 0.684. The van der Waals surface area contributed by atoms with Crippen LogP contribution in [0.1, 0.15) is 49.7 Å². The van der Waals surface area contributed by atoms with E-state index in [0.29, 0.717) is 35.7 Å². The second-order valence-electron chi connectivity index (χ2n) is 8.01.